The molecule has 3 nitrogen and oxygen atoms in total. The number of hydrogen-bond donors (Lipinski definition) is 2. The van der Waals surface area contributed by atoms with Crippen molar-refractivity contribution in [2.75, 3.05) is 5.73 Å². The quantitative estimate of drug-likeness (QED) is 0.765. The summed E-state index contributed by atoms with van der Waals surface area (Å²) < 4.78 is 38.1. The minimum absolute atomic E-state index is 0.0398. The van der Waals surface area contributed by atoms with Gasteiger partial charge in [-0.05, 0) is 24.1 Å². The van der Waals surface area contributed by atoms with Crippen molar-refractivity contribution in [1.82, 2.24) is 0 Å². The fourth-order valence-corrected chi connectivity index (χ4v) is 1.60. The fourth-order valence-electron chi connectivity index (χ4n) is 1.60. The molecule has 0 radical (unpaired) electrons. The summed E-state index contributed by atoms with van der Waals surface area (Å²) in [6.45, 7) is 1.51. The SMILES string of the molecule is CCc1c(C(N)=O)ccc(N)c1C(F)(F)F. The lowest BCUT2D eigenvalue weighted by molar-refractivity contribution is -0.137. The summed E-state index contributed by atoms with van der Waals surface area (Å²) in [7, 11) is 0. The molecule has 1 rings (SSSR count). The van der Waals surface area contributed by atoms with Crippen LogP contribution in [0.15, 0.2) is 12.1 Å². The number of rotatable bonds is 2. The zero-order chi connectivity index (χ0) is 12.5. The third-order valence-electron chi connectivity index (χ3n) is 2.25. The fraction of sp³-hybridized carbons (Fsp3) is 0.300. The third-order valence-corrected chi connectivity index (χ3v) is 2.25. The molecule has 0 aliphatic carbocycles. The summed E-state index contributed by atoms with van der Waals surface area (Å²) in [5.41, 5.74) is 8.64. The van der Waals surface area contributed by atoms with Crippen LogP contribution in [0.5, 0.6) is 0 Å². The van der Waals surface area contributed by atoms with Crippen LogP contribution < -0.4 is 11.5 Å². The molecule has 1 amide bonds. The molecule has 6 heteroatoms. The van der Waals surface area contributed by atoms with Crippen molar-refractivity contribution in [2.45, 2.75) is 19.5 Å². The molecule has 0 heterocycles. The highest BCUT2D eigenvalue weighted by Crippen LogP contribution is 2.37. The van der Waals surface area contributed by atoms with Gasteiger partial charge in [0.1, 0.15) is 0 Å². The maximum absolute atomic E-state index is 12.7. The predicted molar refractivity (Wildman–Crippen MR) is 53.8 cm³/mol. The normalized spacial score (nSPS) is 11.5. The number of benzene rings is 1. The van der Waals surface area contributed by atoms with E-state index in [0.29, 0.717) is 0 Å². The highest BCUT2D eigenvalue weighted by atomic mass is 19.4. The first kappa shape index (κ1) is 12.4. The van der Waals surface area contributed by atoms with Crippen molar-refractivity contribution in [3.8, 4) is 0 Å². The molecule has 0 saturated carbocycles. The van der Waals surface area contributed by atoms with Gasteiger partial charge in [0.05, 0.1) is 5.56 Å². The molecule has 0 aliphatic heterocycles. The van der Waals surface area contributed by atoms with Crippen molar-refractivity contribution in [3.63, 3.8) is 0 Å². The van der Waals surface area contributed by atoms with Crippen LogP contribution >= 0.6 is 0 Å². The van der Waals surface area contributed by atoms with Crippen molar-refractivity contribution in [2.24, 2.45) is 5.73 Å². The highest BCUT2D eigenvalue weighted by molar-refractivity contribution is 5.95. The Kier molecular flexibility index (Phi) is 3.11. The van der Waals surface area contributed by atoms with E-state index in [-0.39, 0.29) is 17.5 Å². The van der Waals surface area contributed by atoms with E-state index < -0.39 is 23.3 Å². The van der Waals surface area contributed by atoms with Gasteiger partial charge in [-0.3, -0.25) is 4.79 Å². The molecule has 0 unspecified atom stereocenters. The van der Waals surface area contributed by atoms with Gasteiger partial charge in [0.2, 0.25) is 5.91 Å². The average Bonchev–Trinajstić information content (AvgIpc) is 2.14. The zero-order valence-electron chi connectivity index (χ0n) is 8.56. The van der Waals surface area contributed by atoms with Crippen LogP contribution in [0, 0.1) is 0 Å². The smallest absolute Gasteiger partial charge is 0.398 e. The van der Waals surface area contributed by atoms with E-state index in [1.54, 1.807) is 0 Å². The lowest BCUT2D eigenvalue weighted by Crippen LogP contribution is -2.19. The van der Waals surface area contributed by atoms with Gasteiger partial charge < -0.3 is 11.5 Å². The average molecular weight is 232 g/mol. The van der Waals surface area contributed by atoms with E-state index in [2.05, 4.69) is 0 Å². The van der Waals surface area contributed by atoms with Gasteiger partial charge in [-0.15, -0.1) is 0 Å². The summed E-state index contributed by atoms with van der Waals surface area (Å²) in [6.07, 6.45) is -4.54. The summed E-state index contributed by atoms with van der Waals surface area (Å²) in [4.78, 5) is 11.0. The van der Waals surface area contributed by atoms with E-state index in [9.17, 15) is 18.0 Å². The number of anilines is 1. The van der Waals surface area contributed by atoms with Crippen LogP contribution in [-0.4, -0.2) is 5.91 Å². The van der Waals surface area contributed by atoms with Crippen LogP contribution in [0.1, 0.15) is 28.4 Å². The monoisotopic (exact) mass is 232 g/mol. The molecule has 0 saturated heterocycles. The number of hydrogen-bond acceptors (Lipinski definition) is 2. The van der Waals surface area contributed by atoms with E-state index in [0.717, 1.165) is 6.07 Å². The standard InChI is InChI=1S/C10H11F3N2O/c1-2-5-6(9(15)16)3-4-7(14)8(5)10(11,12)13/h3-4H,2,14H2,1H3,(H2,15,16). The zero-order valence-corrected chi connectivity index (χ0v) is 8.56. The first-order valence-corrected chi connectivity index (χ1v) is 4.57. The molecule has 4 N–H and O–H groups in total. The summed E-state index contributed by atoms with van der Waals surface area (Å²) in [5.74, 6) is -0.887. The van der Waals surface area contributed by atoms with Gasteiger partial charge in [-0.2, -0.15) is 13.2 Å². The van der Waals surface area contributed by atoms with Crippen molar-refractivity contribution >= 4 is 11.6 Å². The topological polar surface area (TPSA) is 69.1 Å². The first-order chi connectivity index (χ1) is 7.29. The lowest BCUT2D eigenvalue weighted by Gasteiger charge is -2.16. The van der Waals surface area contributed by atoms with E-state index >= 15 is 0 Å². The largest absolute Gasteiger partial charge is 0.418 e. The maximum Gasteiger partial charge on any atom is 0.418 e. The van der Waals surface area contributed by atoms with E-state index in [1.807, 2.05) is 0 Å². The summed E-state index contributed by atoms with van der Waals surface area (Å²) >= 11 is 0. The van der Waals surface area contributed by atoms with Gasteiger partial charge in [0, 0.05) is 11.3 Å². The minimum atomic E-state index is -4.58. The van der Waals surface area contributed by atoms with E-state index in [1.165, 1.54) is 13.0 Å². The molecule has 0 fully saturated rings. The Morgan fingerprint density at radius 2 is 1.94 bits per heavy atom. The van der Waals surface area contributed by atoms with Crippen LogP contribution in [0.4, 0.5) is 18.9 Å². The molecular formula is C10H11F3N2O. The Labute approximate surface area is 90.2 Å². The maximum atomic E-state index is 12.7. The molecule has 0 aliphatic rings. The number of carbonyl (C=O) groups excluding carboxylic acids is 1. The molecule has 0 bridgehead atoms. The molecule has 0 spiro atoms. The van der Waals surface area contributed by atoms with Crippen molar-refractivity contribution in [3.05, 3.63) is 28.8 Å². The van der Waals surface area contributed by atoms with Gasteiger partial charge in [0.15, 0.2) is 0 Å². The van der Waals surface area contributed by atoms with Crippen molar-refractivity contribution < 1.29 is 18.0 Å². The molecule has 0 atom stereocenters. The summed E-state index contributed by atoms with van der Waals surface area (Å²) in [5, 5.41) is 0. The van der Waals surface area contributed by atoms with Gasteiger partial charge in [-0.1, -0.05) is 6.92 Å². The second-order valence-corrected chi connectivity index (χ2v) is 3.27. The second-order valence-electron chi connectivity index (χ2n) is 3.27. The molecule has 1 aromatic carbocycles. The molecule has 0 aromatic heterocycles. The molecule has 88 valence electrons. The molecule has 16 heavy (non-hydrogen) atoms. The number of nitrogens with two attached hydrogens (primary N) is 2. The molecule has 1 aromatic rings. The summed E-state index contributed by atoms with van der Waals surface area (Å²) in [6, 6.07) is 2.26. The number of primary amides is 1. The van der Waals surface area contributed by atoms with Gasteiger partial charge >= 0.3 is 6.18 Å². The number of amides is 1. The van der Waals surface area contributed by atoms with Gasteiger partial charge in [-0.25, -0.2) is 0 Å². The third kappa shape index (κ3) is 2.10. The lowest BCUT2D eigenvalue weighted by atomic mass is 9.96. The Hall–Kier alpha value is -1.72. The Balaban J connectivity index is 3.57. The second kappa shape index (κ2) is 4.03. The van der Waals surface area contributed by atoms with Crippen LogP contribution in [0.25, 0.3) is 0 Å². The van der Waals surface area contributed by atoms with Crippen LogP contribution in [-0.2, 0) is 12.6 Å². The molecular weight excluding hydrogens is 221 g/mol. The Morgan fingerprint density at radius 3 is 2.31 bits per heavy atom. The minimum Gasteiger partial charge on any atom is -0.398 e. The van der Waals surface area contributed by atoms with Crippen LogP contribution in [0.2, 0.25) is 0 Å². The number of halogens is 3. The predicted octanol–water partition coefficient (Wildman–Crippen LogP) is 1.95. The van der Waals surface area contributed by atoms with Gasteiger partial charge in [0.25, 0.3) is 0 Å². The first-order valence-electron chi connectivity index (χ1n) is 4.57. The van der Waals surface area contributed by atoms with E-state index in [4.69, 9.17) is 11.5 Å². The number of carbonyl (C=O) groups is 1. The number of alkyl halides is 3. The highest BCUT2D eigenvalue weighted by Gasteiger charge is 2.36. The van der Waals surface area contributed by atoms with Crippen molar-refractivity contribution in [1.29, 1.82) is 0 Å². The Bertz CT molecular complexity index is 427. The Morgan fingerprint density at radius 1 is 1.38 bits per heavy atom. The van der Waals surface area contributed by atoms with Crippen LogP contribution in [0.3, 0.4) is 0 Å². The number of nitrogen functional groups attached to an aromatic ring is 1.